The third-order valence-electron chi connectivity index (χ3n) is 1.94. The molecule has 1 atom stereocenters. The van der Waals surface area contributed by atoms with Gasteiger partial charge >= 0.3 is 0 Å². The molecule has 3 nitrogen and oxygen atoms in total. The zero-order valence-electron chi connectivity index (χ0n) is 6.90. The lowest BCUT2D eigenvalue weighted by molar-refractivity contribution is 0.440. The summed E-state index contributed by atoms with van der Waals surface area (Å²) in [5.74, 6) is 0.587. The van der Waals surface area contributed by atoms with Crippen molar-refractivity contribution in [2.45, 2.75) is 19.9 Å². The van der Waals surface area contributed by atoms with Crippen molar-refractivity contribution in [3.63, 3.8) is 0 Å². The largest absolute Gasteiger partial charge is 0.337 e. The van der Waals surface area contributed by atoms with Crippen molar-refractivity contribution in [3.8, 4) is 0 Å². The minimum Gasteiger partial charge on any atom is -0.337 e. The summed E-state index contributed by atoms with van der Waals surface area (Å²) in [6, 6.07) is 0. The molecule has 1 heterocycles. The molecule has 62 valence electrons. The van der Waals surface area contributed by atoms with Gasteiger partial charge in [0.25, 0.3) is 0 Å². The Morgan fingerprint density at radius 3 is 2.91 bits per heavy atom. The Hall–Kier alpha value is -0.830. The van der Waals surface area contributed by atoms with E-state index >= 15 is 0 Å². The van der Waals surface area contributed by atoms with E-state index in [1.807, 2.05) is 12.5 Å². The van der Waals surface area contributed by atoms with E-state index in [0.717, 1.165) is 19.5 Å². The minimum absolute atomic E-state index is 0.587. The number of rotatable bonds is 4. The van der Waals surface area contributed by atoms with Gasteiger partial charge in [-0.2, -0.15) is 0 Å². The summed E-state index contributed by atoms with van der Waals surface area (Å²) in [5, 5.41) is 0. The van der Waals surface area contributed by atoms with E-state index in [0.29, 0.717) is 5.92 Å². The molecule has 0 radical (unpaired) electrons. The smallest absolute Gasteiger partial charge is 0.0946 e. The van der Waals surface area contributed by atoms with E-state index in [9.17, 15) is 0 Å². The van der Waals surface area contributed by atoms with Gasteiger partial charge in [-0.15, -0.1) is 0 Å². The highest BCUT2D eigenvalue weighted by atomic mass is 15.0. The number of hydrogen-bond acceptors (Lipinski definition) is 2. The molecule has 0 fully saturated rings. The van der Waals surface area contributed by atoms with Crippen LogP contribution in [-0.4, -0.2) is 16.1 Å². The summed E-state index contributed by atoms with van der Waals surface area (Å²) in [6.07, 6.45) is 6.73. The minimum atomic E-state index is 0.587. The normalized spacial score (nSPS) is 13.3. The van der Waals surface area contributed by atoms with E-state index in [1.54, 1.807) is 6.20 Å². The van der Waals surface area contributed by atoms with E-state index in [2.05, 4.69) is 16.5 Å². The van der Waals surface area contributed by atoms with Gasteiger partial charge in [0.15, 0.2) is 0 Å². The molecule has 1 aromatic heterocycles. The maximum Gasteiger partial charge on any atom is 0.0946 e. The Kier molecular flexibility index (Phi) is 3.11. The lowest BCUT2D eigenvalue weighted by Crippen LogP contribution is -2.18. The van der Waals surface area contributed by atoms with Crippen molar-refractivity contribution in [3.05, 3.63) is 18.7 Å². The first kappa shape index (κ1) is 8.27. The van der Waals surface area contributed by atoms with Crippen LogP contribution in [0.4, 0.5) is 0 Å². The molecular formula is C8H15N3. The maximum absolute atomic E-state index is 5.57. The van der Waals surface area contributed by atoms with Crippen LogP contribution in [-0.2, 0) is 6.54 Å². The fourth-order valence-electron chi connectivity index (χ4n) is 1.06. The Balaban J connectivity index is 2.41. The standard InChI is InChI=1S/C8H15N3/c1-2-8(5-9)6-11-4-3-10-7-11/h3-4,7-8H,2,5-6,9H2,1H3. The van der Waals surface area contributed by atoms with Crippen LogP contribution in [0, 0.1) is 5.92 Å². The summed E-state index contributed by atoms with van der Waals surface area (Å²) in [5.41, 5.74) is 5.57. The molecule has 0 aliphatic heterocycles. The first-order valence-corrected chi connectivity index (χ1v) is 4.02. The Morgan fingerprint density at radius 1 is 1.64 bits per heavy atom. The van der Waals surface area contributed by atoms with Gasteiger partial charge in [0.1, 0.15) is 0 Å². The summed E-state index contributed by atoms with van der Waals surface area (Å²) < 4.78 is 2.07. The second kappa shape index (κ2) is 4.13. The fourth-order valence-corrected chi connectivity index (χ4v) is 1.06. The van der Waals surface area contributed by atoms with Gasteiger partial charge in [-0.3, -0.25) is 0 Å². The lowest BCUT2D eigenvalue weighted by Gasteiger charge is -2.11. The van der Waals surface area contributed by atoms with Gasteiger partial charge in [0, 0.05) is 18.9 Å². The van der Waals surface area contributed by atoms with Gasteiger partial charge < -0.3 is 10.3 Å². The number of imidazole rings is 1. The molecular weight excluding hydrogens is 138 g/mol. The number of aromatic nitrogens is 2. The van der Waals surface area contributed by atoms with Crippen LogP contribution in [0.5, 0.6) is 0 Å². The van der Waals surface area contributed by atoms with E-state index in [-0.39, 0.29) is 0 Å². The summed E-state index contributed by atoms with van der Waals surface area (Å²) in [4.78, 5) is 3.97. The fraction of sp³-hybridized carbons (Fsp3) is 0.625. The van der Waals surface area contributed by atoms with Crippen LogP contribution in [0.15, 0.2) is 18.7 Å². The van der Waals surface area contributed by atoms with Crippen molar-refractivity contribution in [1.29, 1.82) is 0 Å². The first-order chi connectivity index (χ1) is 5.36. The predicted octanol–water partition coefficient (Wildman–Crippen LogP) is 0.868. The number of nitrogens with two attached hydrogens (primary N) is 1. The van der Waals surface area contributed by atoms with Crippen molar-refractivity contribution in [1.82, 2.24) is 9.55 Å². The quantitative estimate of drug-likeness (QED) is 0.697. The van der Waals surface area contributed by atoms with Gasteiger partial charge in [-0.1, -0.05) is 13.3 Å². The van der Waals surface area contributed by atoms with Gasteiger partial charge in [-0.25, -0.2) is 4.98 Å². The zero-order chi connectivity index (χ0) is 8.10. The average molecular weight is 153 g/mol. The second-order valence-electron chi connectivity index (χ2n) is 2.77. The summed E-state index contributed by atoms with van der Waals surface area (Å²) >= 11 is 0. The molecule has 1 unspecified atom stereocenters. The summed E-state index contributed by atoms with van der Waals surface area (Å²) in [7, 11) is 0. The lowest BCUT2D eigenvalue weighted by atomic mass is 10.1. The highest BCUT2D eigenvalue weighted by Gasteiger charge is 2.02. The van der Waals surface area contributed by atoms with Crippen LogP contribution in [0.25, 0.3) is 0 Å². The predicted molar refractivity (Wildman–Crippen MR) is 45.1 cm³/mol. The second-order valence-corrected chi connectivity index (χ2v) is 2.77. The van der Waals surface area contributed by atoms with Crippen LogP contribution >= 0.6 is 0 Å². The highest BCUT2D eigenvalue weighted by Crippen LogP contribution is 2.03. The van der Waals surface area contributed by atoms with Crippen LogP contribution in [0.3, 0.4) is 0 Å². The molecule has 0 aliphatic carbocycles. The maximum atomic E-state index is 5.57. The Labute approximate surface area is 67.2 Å². The molecule has 1 aromatic rings. The van der Waals surface area contributed by atoms with E-state index in [4.69, 9.17) is 5.73 Å². The molecule has 0 saturated heterocycles. The highest BCUT2D eigenvalue weighted by molar-refractivity contribution is 4.75. The number of hydrogen-bond donors (Lipinski definition) is 1. The zero-order valence-corrected chi connectivity index (χ0v) is 6.90. The van der Waals surface area contributed by atoms with Gasteiger partial charge in [0.05, 0.1) is 6.33 Å². The van der Waals surface area contributed by atoms with Crippen molar-refractivity contribution >= 4 is 0 Å². The monoisotopic (exact) mass is 153 g/mol. The van der Waals surface area contributed by atoms with E-state index in [1.165, 1.54) is 0 Å². The molecule has 0 spiro atoms. The molecule has 3 heteroatoms. The van der Waals surface area contributed by atoms with Crippen molar-refractivity contribution in [2.24, 2.45) is 11.7 Å². The molecule has 0 aromatic carbocycles. The third kappa shape index (κ3) is 2.35. The van der Waals surface area contributed by atoms with Crippen LogP contribution in [0.1, 0.15) is 13.3 Å². The SMILES string of the molecule is CCC(CN)Cn1ccnc1. The van der Waals surface area contributed by atoms with Crippen molar-refractivity contribution in [2.75, 3.05) is 6.54 Å². The molecule has 0 amide bonds. The molecule has 0 aliphatic rings. The Morgan fingerprint density at radius 2 is 2.45 bits per heavy atom. The third-order valence-corrected chi connectivity index (χ3v) is 1.94. The van der Waals surface area contributed by atoms with Crippen molar-refractivity contribution < 1.29 is 0 Å². The van der Waals surface area contributed by atoms with Crippen LogP contribution in [0.2, 0.25) is 0 Å². The van der Waals surface area contributed by atoms with Gasteiger partial charge in [0.2, 0.25) is 0 Å². The molecule has 0 bridgehead atoms. The number of nitrogens with zero attached hydrogens (tertiary/aromatic N) is 2. The van der Waals surface area contributed by atoms with E-state index < -0.39 is 0 Å². The van der Waals surface area contributed by atoms with Crippen LogP contribution < -0.4 is 5.73 Å². The molecule has 11 heavy (non-hydrogen) atoms. The molecule has 1 rings (SSSR count). The topological polar surface area (TPSA) is 43.8 Å². The summed E-state index contributed by atoms with van der Waals surface area (Å²) in [6.45, 7) is 3.91. The average Bonchev–Trinajstić information content (AvgIpc) is 2.52. The molecule has 0 saturated carbocycles. The Bertz CT molecular complexity index is 177. The first-order valence-electron chi connectivity index (χ1n) is 4.02. The van der Waals surface area contributed by atoms with Gasteiger partial charge in [-0.05, 0) is 12.5 Å². The molecule has 2 N–H and O–H groups in total.